The van der Waals surface area contributed by atoms with E-state index in [2.05, 4.69) is 39.3 Å². The monoisotopic (exact) mass is 376 g/mol. The predicted octanol–water partition coefficient (Wildman–Crippen LogP) is 4.61. The first-order chi connectivity index (χ1) is 13.2. The summed E-state index contributed by atoms with van der Waals surface area (Å²) in [6.07, 6.45) is 0. The molecule has 0 aliphatic heterocycles. The van der Waals surface area contributed by atoms with Crippen LogP contribution in [0.25, 0.3) is 5.78 Å². The Morgan fingerprint density at radius 1 is 0.926 bits per heavy atom. The Labute approximate surface area is 162 Å². The third kappa shape index (κ3) is 4.28. The number of aromatic nitrogens is 4. The molecule has 2 aromatic carbocycles. The molecule has 27 heavy (non-hydrogen) atoms. The lowest BCUT2D eigenvalue weighted by Crippen LogP contribution is -1.97. The zero-order valence-electron chi connectivity index (χ0n) is 15.3. The lowest BCUT2D eigenvalue weighted by molar-refractivity contribution is 0.306. The Balaban J connectivity index is 1.42. The third-order valence-corrected chi connectivity index (χ3v) is 5.02. The molecule has 0 aliphatic rings. The first-order valence-corrected chi connectivity index (χ1v) is 9.75. The highest BCUT2D eigenvalue weighted by Crippen LogP contribution is 2.23. The van der Waals surface area contributed by atoms with Crippen molar-refractivity contribution in [3.8, 4) is 5.75 Å². The molecule has 5 nitrogen and oxygen atoms in total. The Bertz CT molecular complexity index is 1060. The fraction of sp³-hybridized carbons (Fsp3) is 0.190. The molecule has 0 N–H and O–H groups in total. The smallest absolute Gasteiger partial charge is 0.253 e. The molecule has 0 fully saturated rings. The molecule has 0 spiro atoms. The summed E-state index contributed by atoms with van der Waals surface area (Å²) in [5, 5.41) is 5.27. The predicted molar refractivity (Wildman–Crippen MR) is 107 cm³/mol. The normalized spacial score (nSPS) is 11.0. The number of nitrogens with zero attached hydrogens (tertiary/aromatic N) is 4. The molecular weight excluding hydrogens is 356 g/mol. The van der Waals surface area contributed by atoms with E-state index in [9.17, 15) is 0 Å². The summed E-state index contributed by atoms with van der Waals surface area (Å²) in [6, 6.07) is 20.3. The van der Waals surface area contributed by atoms with E-state index in [1.165, 1.54) is 5.56 Å². The van der Waals surface area contributed by atoms with E-state index in [1.54, 1.807) is 16.3 Å². The maximum atomic E-state index is 5.91. The van der Waals surface area contributed by atoms with E-state index < -0.39 is 0 Å². The van der Waals surface area contributed by atoms with Gasteiger partial charge in [0.05, 0.1) is 0 Å². The van der Waals surface area contributed by atoms with Gasteiger partial charge in [0.2, 0.25) is 5.16 Å². The van der Waals surface area contributed by atoms with Gasteiger partial charge in [-0.1, -0.05) is 54.2 Å². The van der Waals surface area contributed by atoms with Crippen LogP contribution in [0.5, 0.6) is 5.75 Å². The van der Waals surface area contributed by atoms with E-state index >= 15 is 0 Å². The SMILES string of the molecule is Cc1cc(C)n2nc(SCc3cccc(OCc4ccccc4)c3)nc2n1. The van der Waals surface area contributed by atoms with Crippen LogP contribution in [0.15, 0.2) is 65.8 Å². The van der Waals surface area contributed by atoms with E-state index in [4.69, 9.17) is 4.74 Å². The lowest BCUT2D eigenvalue weighted by Gasteiger charge is -2.07. The van der Waals surface area contributed by atoms with Gasteiger partial charge in [-0.05, 0) is 43.2 Å². The van der Waals surface area contributed by atoms with E-state index in [0.717, 1.165) is 33.6 Å². The summed E-state index contributed by atoms with van der Waals surface area (Å²) >= 11 is 1.60. The van der Waals surface area contributed by atoms with Crippen molar-refractivity contribution in [2.45, 2.75) is 31.4 Å². The number of hydrogen-bond donors (Lipinski definition) is 0. The number of benzene rings is 2. The second kappa shape index (κ2) is 7.80. The number of ether oxygens (including phenoxy) is 1. The van der Waals surface area contributed by atoms with Gasteiger partial charge in [0, 0.05) is 17.1 Å². The number of fused-ring (bicyclic) bond motifs is 1. The number of aryl methyl sites for hydroxylation is 2. The zero-order valence-corrected chi connectivity index (χ0v) is 16.1. The van der Waals surface area contributed by atoms with Crippen LogP contribution in [0.1, 0.15) is 22.5 Å². The minimum Gasteiger partial charge on any atom is -0.489 e. The Hall–Kier alpha value is -2.86. The first-order valence-electron chi connectivity index (χ1n) is 8.77. The van der Waals surface area contributed by atoms with Crippen LogP contribution in [0.4, 0.5) is 0 Å². The van der Waals surface area contributed by atoms with Gasteiger partial charge in [-0.15, -0.1) is 5.10 Å². The molecule has 0 bridgehead atoms. The van der Waals surface area contributed by atoms with Gasteiger partial charge in [0.1, 0.15) is 12.4 Å². The van der Waals surface area contributed by atoms with Crippen LogP contribution >= 0.6 is 11.8 Å². The average Bonchev–Trinajstić information content (AvgIpc) is 3.09. The molecule has 6 heteroatoms. The van der Waals surface area contributed by atoms with E-state index in [1.807, 2.05) is 50.2 Å². The van der Waals surface area contributed by atoms with Crippen molar-refractivity contribution < 1.29 is 4.74 Å². The van der Waals surface area contributed by atoms with Gasteiger partial charge in [-0.3, -0.25) is 0 Å². The molecule has 0 aliphatic carbocycles. The zero-order chi connectivity index (χ0) is 18.6. The number of hydrogen-bond acceptors (Lipinski definition) is 5. The summed E-state index contributed by atoms with van der Waals surface area (Å²) < 4.78 is 7.69. The summed E-state index contributed by atoms with van der Waals surface area (Å²) in [6.45, 7) is 4.55. The van der Waals surface area contributed by atoms with Gasteiger partial charge < -0.3 is 4.74 Å². The fourth-order valence-electron chi connectivity index (χ4n) is 2.82. The molecule has 0 amide bonds. The van der Waals surface area contributed by atoms with Crippen LogP contribution in [0, 0.1) is 13.8 Å². The van der Waals surface area contributed by atoms with Crippen molar-refractivity contribution in [1.82, 2.24) is 19.6 Å². The van der Waals surface area contributed by atoms with Crippen molar-refractivity contribution in [2.75, 3.05) is 0 Å². The molecule has 136 valence electrons. The molecular formula is C21H20N4OS. The molecule has 0 saturated heterocycles. The second-order valence-corrected chi connectivity index (χ2v) is 7.30. The molecule has 2 aromatic heterocycles. The van der Waals surface area contributed by atoms with Gasteiger partial charge in [-0.2, -0.15) is 4.98 Å². The topological polar surface area (TPSA) is 52.3 Å². The quantitative estimate of drug-likeness (QED) is 0.460. The van der Waals surface area contributed by atoms with E-state index in [0.29, 0.717) is 12.4 Å². The summed E-state index contributed by atoms with van der Waals surface area (Å²) in [5.41, 5.74) is 4.31. The maximum Gasteiger partial charge on any atom is 0.253 e. The molecule has 0 saturated carbocycles. The largest absolute Gasteiger partial charge is 0.489 e. The Kier molecular flexibility index (Phi) is 5.07. The van der Waals surface area contributed by atoms with Gasteiger partial charge >= 0.3 is 0 Å². The minimum atomic E-state index is 0.565. The lowest BCUT2D eigenvalue weighted by atomic mass is 10.2. The van der Waals surface area contributed by atoms with Gasteiger partial charge in [0.25, 0.3) is 5.78 Å². The summed E-state index contributed by atoms with van der Waals surface area (Å²) in [5.74, 6) is 2.29. The molecule has 2 heterocycles. The summed E-state index contributed by atoms with van der Waals surface area (Å²) in [7, 11) is 0. The molecule has 4 aromatic rings. The van der Waals surface area contributed by atoms with Crippen molar-refractivity contribution >= 4 is 17.5 Å². The van der Waals surface area contributed by atoms with Crippen molar-refractivity contribution in [2.24, 2.45) is 0 Å². The van der Waals surface area contributed by atoms with Crippen LogP contribution in [-0.4, -0.2) is 19.6 Å². The van der Waals surface area contributed by atoms with Crippen molar-refractivity contribution in [3.63, 3.8) is 0 Å². The van der Waals surface area contributed by atoms with Crippen molar-refractivity contribution in [3.05, 3.63) is 83.2 Å². The fourth-order valence-corrected chi connectivity index (χ4v) is 3.58. The standard InChI is InChI=1S/C21H20N4OS/c1-15-11-16(2)25-20(22-15)23-21(24-25)27-14-18-9-6-10-19(12-18)26-13-17-7-4-3-5-8-17/h3-12H,13-14H2,1-2H3. The Morgan fingerprint density at radius 3 is 2.59 bits per heavy atom. The number of thioether (sulfide) groups is 1. The minimum absolute atomic E-state index is 0.565. The molecule has 0 atom stereocenters. The highest BCUT2D eigenvalue weighted by atomic mass is 32.2. The average molecular weight is 376 g/mol. The van der Waals surface area contributed by atoms with Crippen LogP contribution < -0.4 is 4.74 Å². The van der Waals surface area contributed by atoms with Gasteiger partial charge in [0.15, 0.2) is 0 Å². The summed E-state index contributed by atoms with van der Waals surface area (Å²) in [4.78, 5) is 8.96. The van der Waals surface area contributed by atoms with Crippen molar-refractivity contribution in [1.29, 1.82) is 0 Å². The highest BCUT2D eigenvalue weighted by molar-refractivity contribution is 7.98. The maximum absolute atomic E-state index is 5.91. The van der Waals surface area contributed by atoms with Gasteiger partial charge in [-0.25, -0.2) is 9.50 Å². The molecule has 4 rings (SSSR count). The molecule has 0 unspecified atom stereocenters. The second-order valence-electron chi connectivity index (χ2n) is 6.36. The highest BCUT2D eigenvalue weighted by Gasteiger charge is 2.09. The van der Waals surface area contributed by atoms with Crippen LogP contribution in [-0.2, 0) is 12.4 Å². The van der Waals surface area contributed by atoms with Crippen LogP contribution in [0.3, 0.4) is 0 Å². The molecule has 0 radical (unpaired) electrons. The number of rotatable bonds is 6. The van der Waals surface area contributed by atoms with Crippen LogP contribution in [0.2, 0.25) is 0 Å². The first kappa shape index (κ1) is 17.5. The Morgan fingerprint density at radius 2 is 1.74 bits per heavy atom. The third-order valence-electron chi connectivity index (χ3n) is 4.11. The van der Waals surface area contributed by atoms with E-state index in [-0.39, 0.29) is 0 Å².